The quantitative estimate of drug-likeness (QED) is 0.610. The molecule has 33 heavy (non-hydrogen) atoms. The summed E-state index contributed by atoms with van der Waals surface area (Å²) in [6.45, 7) is 5.13. The summed E-state index contributed by atoms with van der Waals surface area (Å²) >= 11 is 0. The highest BCUT2D eigenvalue weighted by Crippen LogP contribution is 2.31. The number of benzene rings is 1. The number of likely N-dealkylation sites (N-methyl/N-ethyl adjacent to an activating group) is 1. The summed E-state index contributed by atoms with van der Waals surface area (Å²) in [6, 6.07) is 10.1. The second kappa shape index (κ2) is 9.31. The zero-order chi connectivity index (χ0) is 22.8. The number of piperidine rings is 1. The van der Waals surface area contributed by atoms with Gasteiger partial charge in [0.1, 0.15) is 12.1 Å². The first-order chi connectivity index (χ1) is 16.1. The van der Waals surface area contributed by atoms with Crippen LogP contribution < -0.4 is 9.64 Å². The molecule has 1 aromatic carbocycles. The Bertz CT molecular complexity index is 1130. The number of fused-ring (bicyclic) bond motifs is 1. The van der Waals surface area contributed by atoms with Crippen LogP contribution in [-0.4, -0.2) is 84.1 Å². The van der Waals surface area contributed by atoms with E-state index in [2.05, 4.69) is 43.9 Å². The van der Waals surface area contributed by atoms with Gasteiger partial charge >= 0.3 is 0 Å². The third-order valence-corrected chi connectivity index (χ3v) is 6.78. The Balaban J connectivity index is 1.40. The molecule has 4 heterocycles. The van der Waals surface area contributed by atoms with Crippen molar-refractivity contribution < 1.29 is 9.53 Å². The van der Waals surface area contributed by atoms with Crippen LogP contribution in [0.2, 0.25) is 0 Å². The topological polar surface area (TPSA) is 74.7 Å². The Hall–Kier alpha value is -3.26. The van der Waals surface area contributed by atoms with Crippen LogP contribution in [0.4, 0.5) is 5.82 Å². The van der Waals surface area contributed by atoms with Crippen LogP contribution in [0.1, 0.15) is 12.8 Å². The van der Waals surface area contributed by atoms with E-state index in [1.165, 1.54) is 0 Å². The summed E-state index contributed by atoms with van der Waals surface area (Å²) < 4.78 is 5.18. The number of carbonyl (C=O) groups excluding carboxylic acids is 1. The van der Waals surface area contributed by atoms with Crippen molar-refractivity contribution in [2.24, 2.45) is 5.92 Å². The lowest BCUT2D eigenvalue weighted by atomic mass is 9.95. The van der Waals surface area contributed by atoms with Gasteiger partial charge in [-0.15, -0.1) is 0 Å². The van der Waals surface area contributed by atoms with E-state index in [1.54, 1.807) is 13.4 Å². The average molecular weight is 447 g/mol. The first-order valence-electron chi connectivity index (χ1n) is 11.6. The van der Waals surface area contributed by atoms with E-state index in [4.69, 9.17) is 4.74 Å². The van der Waals surface area contributed by atoms with Crippen molar-refractivity contribution in [3.8, 4) is 17.0 Å². The van der Waals surface area contributed by atoms with Crippen molar-refractivity contribution in [3.05, 3.63) is 42.9 Å². The summed E-state index contributed by atoms with van der Waals surface area (Å²) in [5, 5.41) is 0.999. The zero-order valence-electron chi connectivity index (χ0n) is 19.3. The molecular weight excluding hydrogens is 416 g/mol. The van der Waals surface area contributed by atoms with E-state index >= 15 is 0 Å². The molecule has 0 N–H and O–H groups in total. The smallest absolute Gasteiger partial charge is 0.227 e. The largest absolute Gasteiger partial charge is 0.481 e. The van der Waals surface area contributed by atoms with Crippen molar-refractivity contribution >= 4 is 22.6 Å². The lowest BCUT2D eigenvalue weighted by Crippen LogP contribution is -2.51. The molecule has 2 saturated heterocycles. The van der Waals surface area contributed by atoms with Crippen molar-refractivity contribution in [1.82, 2.24) is 24.8 Å². The predicted molar refractivity (Wildman–Crippen MR) is 128 cm³/mol. The summed E-state index contributed by atoms with van der Waals surface area (Å²) in [5.74, 6) is 1.80. The minimum Gasteiger partial charge on any atom is -0.481 e. The molecule has 0 bridgehead atoms. The van der Waals surface area contributed by atoms with Gasteiger partial charge in [0.15, 0.2) is 0 Å². The third-order valence-electron chi connectivity index (χ3n) is 6.78. The molecule has 0 radical (unpaired) electrons. The Morgan fingerprint density at radius 3 is 2.58 bits per heavy atom. The van der Waals surface area contributed by atoms with Gasteiger partial charge < -0.3 is 19.4 Å². The number of pyridine rings is 1. The number of amides is 1. The molecule has 2 aliphatic rings. The van der Waals surface area contributed by atoms with Gasteiger partial charge in [-0.2, -0.15) is 0 Å². The van der Waals surface area contributed by atoms with Gasteiger partial charge in [0.2, 0.25) is 11.8 Å². The van der Waals surface area contributed by atoms with Crippen LogP contribution in [0.25, 0.3) is 22.0 Å². The molecule has 2 aromatic heterocycles. The maximum absolute atomic E-state index is 13.2. The molecule has 5 rings (SSSR count). The SMILES string of the molecule is COc1ccc(-c2ccc3ncnc(N4CCC[C@H](C(=O)N5CCN(C)CC5)C4)c3c2)cn1. The number of rotatable bonds is 4. The van der Waals surface area contributed by atoms with Crippen LogP contribution in [-0.2, 0) is 4.79 Å². The van der Waals surface area contributed by atoms with E-state index < -0.39 is 0 Å². The maximum atomic E-state index is 13.2. The molecule has 0 unspecified atom stereocenters. The van der Waals surface area contributed by atoms with Gasteiger partial charge in [-0.05, 0) is 43.7 Å². The molecule has 2 aliphatic heterocycles. The monoisotopic (exact) mass is 446 g/mol. The number of piperazine rings is 1. The molecule has 1 atom stereocenters. The van der Waals surface area contributed by atoms with E-state index in [0.717, 1.165) is 73.4 Å². The molecular formula is C25H30N6O2. The number of ether oxygens (including phenoxy) is 1. The van der Waals surface area contributed by atoms with Crippen molar-refractivity contribution in [3.63, 3.8) is 0 Å². The van der Waals surface area contributed by atoms with E-state index in [9.17, 15) is 4.79 Å². The molecule has 3 aromatic rings. The minimum atomic E-state index is 0.0149. The first kappa shape index (κ1) is 21.6. The fourth-order valence-corrected chi connectivity index (χ4v) is 4.80. The fraction of sp³-hybridized carbons (Fsp3) is 0.440. The van der Waals surface area contributed by atoms with Gasteiger partial charge in [-0.3, -0.25) is 4.79 Å². The van der Waals surface area contributed by atoms with Gasteiger partial charge in [-0.25, -0.2) is 15.0 Å². The second-order valence-electron chi connectivity index (χ2n) is 8.93. The van der Waals surface area contributed by atoms with Crippen LogP contribution in [0.3, 0.4) is 0 Å². The Kier molecular flexibility index (Phi) is 6.09. The standard InChI is InChI=1S/C25H30N6O2/c1-29-10-12-30(13-11-29)25(32)20-4-3-9-31(16-20)24-21-14-18(5-7-22(21)27-17-28-24)19-6-8-23(33-2)26-15-19/h5-8,14-15,17,20H,3-4,9-13,16H2,1-2H3/t20-/m0/s1. The van der Waals surface area contributed by atoms with Crippen LogP contribution in [0, 0.1) is 5.92 Å². The highest BCUT2D eigenvalue weighted by atomic mass is 16.5. The minimum absolute atomic E-state index is 0.0149. The van der Waals surface area contributed by atoms with E-state index in [1.807, 2.05) is 29.3 Å². The van der Waals surface area contributed by atoms with Crippen molar-refractivity contribution in [2.45, 2.75) is 12.8 Å². The van der Waals surface area contributed by atoms with Gasteiger partial charge in [0.25, 0.3) is 0 Å². The first-order valence-corrected chi connectivity index (χ1v) is 11.6. The van der Waals surface area contributed by atoms with Crippen molar-refractivity contribution in [2.75, 3.05) is 58.3 Å². The molecule has 0 aliphatic carbocycles. The number of anilines is 1. The summed E-state index contributed by atoms with van der Waals surface area (Å²) in [5.41, 5.74) is 2.96. The van der Waals surface area contributed by atoms with Gasteiger partial charge in [-0.1, -0.05) is 6.07 Å². The third kappa shape index (κ3) is 4.48. The Morgan fingerprint density at radius 1 is 1.00 bits per heavy atom. The second-order valence-corrected chi connectivity index (χ2v) is 8.93. The molecule has 0 saturated carbocycles. The number of hydrogen-bond donors (Lipinski definition) is 0. The van der Waals surface area contributed by atoms with E-state index in [0.29, 0.717) is 12.4 Å². The van der Waals surface area contributed by atoms with Crippen LogP contribution >= 0.6 is 0 Å². The van der Waals surface area contributed by atoms with Crippen LogP contribution in [0.5, 0.6) is 5.88 Å². The number of carbonyl (C=O) groups is 1. The molecule has 8 heteroatoms. The van der Waals surface area contributed by atoms with Crippen LogP contribution in [0.15, 0.2) is 42.9 Å². The maximum Gasteiger partial charge on any atom is 0.227 e. The molecule has 8 nitrogen and oxygen atoms in total. The number of hydrogen-bond acceptors (Lipinski definition) is 7. The summed E-state index contributed by atoms with van der Waals surface area (Å²) in [6.07, 6.45) is 5.36. The number of methoxy groups -OCH3 is 1. The van der Waals surface area contributed by atoms with Gasteiger partial charge in [0.05, 0.1) is 18.5 Å². The van der Waals surface area contributed by atoms with E-state index in [-0.39, 0.29) is 11.8 Å². The highest BCUT2D eigenvalue weighted by molar-refractivity contribution is 5.93. The Morgan fingerprint density at radius 2 is 1.82 bits per heavy atom. The zero-order valence-corrected chi connectivity index (χ0v) is 19.3. The predicted octanol–water partition coefficient (Wildman–Crippen LogP) is 2.69. The van der Waals surface area contributed by atoms with Crippen molar-refractivity contribution in [1.29, 1.82) is 0 Å². The number of aromatic nitrogens is 3. The summed E-state index contributed by atoms with van der Waals surface area (Å²) in [7, 11) is 3.72. The average Bonchev–Trinajstić information content (AvgIpc) is 2.88. The fourth-order valence-electron chi connectivity index (χ4n) is 4.80. The number of nitrogens with zero attached hydrogens (tertiary/aromatic N) is 6. The molecule has 2 fully saturated rings. The lowest BCUT2D eigenvalue weighted by Gasteiger charge is -2.38. The molecule has 172 valence electrons. The van der Waals surface area contributed by atoms with Gasteiger partial charge in [0, 0.05) is 62.5 Å². The molecule has 1 amide bonds. The summed E-state index contributed by atoms with van der Waals surface area (Å²) in [4.78, 5) is 33.3. The normalized spacial score (nSPS) is 19.6. The molecule has 0 spiro atoms. The Labute approximate surface area is 194 Å². The highest BCUT2D eigenvalue weighted by Gasteiger charge is 2.31. The lowest BCUT2D eigenvalue weighted by molar-refractivity contribution is -0.137.